The average Bonchev–Trinajstić information content (AvgIpc) is 2.97. The molecule has 1 aromatic heterocycles. The number of benzene rings is 1. The highest BCUT2D eigenvalue weighted by molar-refractivity contribution is 9.10. The van der Waals surface area contributed by atoms with Crippen molar-refractivity contribution >= 4 is 33.5 Å². The molecule has 1 aliphatic carbocycles. The topological polar surface area (TPSA) is 100 Å². The first kappa shape index (κ1) is 19.2. The lowest BCUT2D eigenvalue weighted by Gasteiger charge is -2.15. The molecule has 142 valence electrons. The monoisotopic (exact) mass is 433 g/mol. The van der Waals surface area contributed by atoms with Gasteiger partial charge in [-0.05, 0) is 50.5 Å². The van der Waals surface area contributed by atoms with Crippen molar-refractivity contribution < 1.29 is 19.1 Å². The van der Waals surface area contributed by atoms with Gasteiger partial charge in [-0.3, -0.25) is 25.2 Å². The number of carbonyl (C=O) groups is 3. The van der Waals surface area contributed by atoms with E-state index >= 15 is 0 Å². The van der Waals surface area contributed by atoms with Crippen molar-refractivity contribution in [3.63, 3.8) is 0 Å². The zero-order valence-corrected chi connectivity index (χ0v) is 16.6. The van der Waals surface area contributed by atoms with Crippen molar-refractivity contribution in [2.24, 2.45) is 0 Å². The van der Waals surface area contributed by atoms with Gasteiger partial charge >= 0.3 is 0 Å². The molecule has 0 bridgehead atoms. The molecule has 2 amide bonds. The molecule has 7 nitrogen and oxygen atoms in total. The molecule has 3 N–H and O–H groups in total. The van der Waals surface area contributed by atoms with Crippen molar-refractivity contribution in [2.45, 2.75) is 39.2 Å². The second kappa shape index (κ2) is 7.96. The van der Waals surface area contributed by atoms with Crippen LogP contribution in [-0.4, -0.2) is 28.7 Å². The SMILES string of the molecule is Cc1c(C(=O)NNC(=O)C(C)Oc2cccc(Br)c2)[nH]c2c1C(=O)CCC2. The molecule has 27 heavy (non-hydrogen) atoms. The molecule has 3 rings (SSSR count). The van der Waals surface area contributed by atoms with Crippen molar-refractivity contribution in [2.75, 3.05) is 0 Å². The smallest absolute Gasteiger partial charge is 0.286 e. The van der Waals surface area contributed by atoms with Crippen LogP contribution in [0.15, 0.2) is 28.7 Å². The van der Waals surface area contributed by atoms with Crippen LogP contribution in [0, 0.1) is 6.92 Å². The first-order valence-corrected chi connectivity index (χ1v) is 9.43. The van der Waals surface area contributed by atoms with Crippen molar-refractivity contribution in [3.05, 3.63) is 51.3 Å². The number of Topliss-reactive ketones (excluding diaryl/α,β-unsaturated/α-hetero) is 1. The maximum Gasteiger partial charge on any atom is 0.286 e. The van der Waals surface area contributed by atoms with Gasteiger partial charge in [-0.25, -0.2) is 0 Å². The van der Waals surface area contributed by atoms with E-state index in [0.717, 1.165) is 23.0 Å². The highest BCUT2D eigenvalue weighted by Crippen LogP contribution is 2.26. The normalized spacial score (nSPS) is 14.3. The van der Waals surface area contributed by atoms with Crippen LogP contribution < -0.4 is 15.6 Å². The van der Waals surface area contributed by atoms with Gasteiger partial charge in [-0.1, -0.05) is 22.0 Å². The van der Waals surface area contributed by atoms with E-state index in [0.29, 0.717) is 23.3 Å². The van der Waals surface area contributed by atoms with E-state index in [1.54, 1.807) is 32.0 Å². The van der Waals surface area contributed by atoms with E-state index in [2.05, 4.69) is 31.8 Å². The lowest BCUT2D eigenvalue weighted by atomic mass is 9.94. The van der Waals surface area contributed by atoms with Gasteiger partial charge in [0.2, 0.25) is 0 Å². The number of nitrogens with one attached hydrogen (secondary N) is 3. The quantitative estimate of drug-likeness (QED) is 0.645. The maximum atomic E-state index is 12.4. The lowest BCUT2D eigenvalue weighted by molar-refractivity contribution is -0.128. The third-order valence-corrected chi connectivity index (χ3v) is 4.93. The van der Waals surface area contributed by atoms with Gasteiger partial charge in [-0.15, -0.1) is 0 Å². The number of aromatic nitrogens is 1. The minimum Gasteiger partial charge on any atom is -0.481 e. The number of carbonyl (C=O) groups excluding carboxylic acids is 3. The lowest BCUT2D eigenvalue weighted by Crippen LogP contribution is -2.47. The Balaban J connectivity index is 1.60. The summed E-state index contributed by atoms with van der Waals surface area (Å²) in [6.45, 7) is 3.31. The number of hydrogen-bond donors (Lipinski definition) is 3. The van der Waals surface area contributed by atoms with Crippen molar-refractivity contribution in [3.8, 4) is 5.75 Å². The molecule has 0 fully saturated rings. The zero-order valence-electron chi connectivity index (χ0n) is 15.0. The number of aryl methyl sites for hydroxylation is 1. The zero-order chi connectivity index (χ0) is 19.6. The predicted molar refractivity (Wildman–Crippen MR) is 103 cm³/mol. The number of fused-ring (bicyclic) bond motifs is 1. The number of hydrazine groups is 1. The Hall–Kier alpha value is -2.61. The second-order valence-corrected chi connectivity index (χ2v) is 7.33. The summed E-state index contributed by atoms with van der Waals surface area (Å²) in [5.41, 5.74) is 7.01. The summed E-state index contributed by atoms with van der Waals surface area (Å²) >= 11 is 3.33. The number of amides is 2. The van der Waals surface area contributed by atoms with Gasteiger partial charge in [0.05, 0.1) is 0 Å². The van der Waals surface area contributed by atoms with Crippen molar-refractivity contribution in [1.29, 1.82) is 0 Å². The van der Waals surface area contributed by atoms with Crippen LogP contribution >= 0.6 is 15.9 Å². The molecular formula is C19H20BrN3O4. The summed E-state index contributed by atoms with van der Waals surface area (Å²) in [7, 11) is 0. The number of H-pyrrole nitrogens is 1. The number of hydrogen-bond acceptors (Lipinski definition) is 4. The van der Waals surface area contributed by atoms with E-state index in [9.17, 15) is 14.4 Å². The molecule has 0 radical (unpaired) electrons. The summed E-state index contributed by atoms with van der Waals surface area (Å²) in [5, 5.41) is 0. The van der Waals surface area contributed by atoms with E-state index < -0.39 is 17.9 Å². The third kappa shape index (κ3) is 4.21. The van der Waals surface area contributed by atoms with Gasteiger partial charge in [0.25, 0.3) is 11.8 Å². The summed E-state index contributed by atoms with van der Waals surface area (Å²) in [6.07, 6.45) is 1.19. The Morgan fingerprint density at radius 2 is 2.04 bits per heavy atom. The number of rotatable bonds is 4. The number of ketones is 1. The summed E-state index contributed by atoms with van der Waals surface area (Å²) in [6, 6.07) is 7.12. The van der Waals surface area contributed by atoms with E-state index in [-0.39, 0.29) is 11.5 Å². The molecule has 1 unspecified atom stereocenters. The van der Waals surface area contributed by atoms with Gasteiger partial charge < -0.3 is 9.72 Å². The van der Waals surface area contributed by atoms with Crippen LogP contribution in [0.4, 0.5) is 0 Å². The molecule has 2 aromatic rings. The van der Waals surface area contributed by atoms with Gasteiger partial charge in [-0.2, -0.15) is 0 Å². The van der Waals surface area contributed by atoms with Gasteiger partial charge in [0.1, 0.15) is 11.4 Å². The minimum atomic E-state index is -0.806. The highest BCUT2D eigenvalue weighted by Gasteiger charge is 2.26. The van der Waals surface area contributed by atoms with E-state index in [4.69, 9.17) is 4.74 Å². The fourth-order valence-corrected chi connectivity index (χ4v) is 3.46. The van der Waals surface area contributed by atoms with Crippen LogP contribution in [0.25, 0.3) is 0 Å². The van der Waals surface area contributed by atoms with Gasteiger partial charge in [0.15, 0.2) is 11.9 Å². The number of halogens is 1. The Bertz CT molecular complexity index is 906. The third-order valence-electron chi connectivity index (χ3n) is 4.44. The Kier molecular flexibility index (Phi) is 5.65. The van der Waals surface area contributed by atoms with Crippen LogP contribution in [-0.2, 0) is 11.2 Å². The number of aromatic amines is 1. The first-order valence-electron chi connectivity index (χ1n) is 8.64. The summed E-state index contributed by atoms with van der Waals surface area (Å²) in [4.78, 5) is 39.6. The molecule has 0 saturated heterocycles. The molecule has 8 heteroatoms. The summed E-state index contributed by atoms with van der Waals surface area (Å²) < 4.78 is 6.39. The molecule has 1 aliphatic rings. The van der Waals surface area contributed by atoms with Crippen molar-refractivity contribution in [1.82, 2.24) is 15.8 Å². The highest BCUT2D eigenvalue weighted by atomic mass is 79.9. The molecule has 1 heterocycles. The number of ether oxygens (including phenoxy) is 1. The molecular weight excluding hydrogens is 414 g/mol. The van der Waals surface area contributed by atoms with Crippen LogP contribution in [0.1, 0.15) is 51.9 Å². The fourth-order valence-electron chi connectivity index (χ4n) is 3.08. The van der Waals surface area contributed by atoms with E-state index in [1.807, 2.05) is 6.07 Å². The molecule has 0 spiro atoms. The average molecular weight is 434 g/mol. The fraction of sp³-hybridized carbons (Fsp3) is 0.316. The largest absolute Gasteiger partial charge is 0.481 e. The van der Waals surface area contributed by atoms with Crippen LogP contribution in [0.2, 0.25) is 0 Å². The van der Waals surface area contributed by atoms with Crippen LogP contribution in [0.5, 0.6) is 5.75 Å². The Morgan fingerprint density at radius 3 is 2.74 bits per heavy atom. The second-order valence-electron chi connectivity index (χ2n) is 6.42. The molecule has 0 aliphatic heterocycles. The minimum absolute atomic E-state index is 0.0455. The first-order chi connectivity index (χ1) is 12.9. The van der Waals surface area contributed by atoms with Gasteiger partial charge in [0, 0.05) is 22.2 Å². The molecule has 0 saturated carbocycles. The predicted octanol–water partition coefficient (Wildman–Crippen LogP) is 2.83. The Labute approximate surface area is 165 Å². The molecule has 1 atom stereocenters. The standard InChI is InChI=1S/C19H20BrN3O4/c1-10-16-14(7-4-8-15(16)24)21-17(10)19(26)23-22-18(25)11(2)27-13-6-3-5-12(20)9-13/h3,5-6,9,11,21H,4,7-8H2,1-2H3,(H,22,25)(H,23,26). The Morgan fingerprint density at radius 1 is 1.26 bits per heavy atom. The van der Waals surface area contributed by atoms with E-state index in [1.165, 1.54) is 0 Å². The maximum absolute atomic E-state index is 12.4. The van der Waals surface area contributed by atoms with Crippen LogP contribution in [0.3, 0.4) is 0 Å². The molecule has 1 aromatic carbocycles. The summed E-state index contributed by atoms with van der Waals surface area (Å²) in [5.74, 6) is -0.417.